The van der Waals surface area contributed by atoms with Crippen molar-refractivity contribution in [3.05, 3.63) is 54.3 Å². The van der Waals surface area contributed by atoms with Crippen molar-refractivity contribution in [2.75, 3.05) is 51.3 Å². The molecule has 1 heterocycles. The van der Waals surface area contributed by atoms with Crippen LogP contribution in [-0.4, -0.2) is 62.6 Å². The summed E-state index contributed by atoms with van der Waals surface area (Å²) in [6, 6.07) is 14.0. The van der Waals surface area contributed by atoms with Gasteiger partial charge in [0.1, 0.15) is 23.9 Å². The summed E-state index contributed by atoms with van der Waals surface area (Å²) in [7, 11) is 1.67. The first kappa shape index (κ1) is 22.3. The SMILES string of the molecule is COc1ccc(N2CCN(CCC(O)COc3ccc(F)cc3)CC2)cc1.Cl. The van der Waals surface area contributed by atoms with Gasteiger partial charge in [0.15, 0.2) is 0 Å². The quantitative estimate of drug-likeness (QED) is 0.724. The standard InChI is InChI=1S/C21H27FN2O3.ClH/c1-26-20-8-4-18(5-9-20)24-14-12-23(13-15-24)11-10-19(25)16-27-21-6-2-17(22)3-7-21;/h2-9,19,25H,10-16H2,1H3;1H. The lowest BCUT2D eigenvalue weighted by Crippen LogP contribution is -2.47. The number of benzene rings is 2. The summed E-state index contributed by atoms with van der Waals surface area (Å²) in [6.07, 6.45) is 0.124. The molecule has 2 aromatic carbocycles. The second-order valence-corrected chi connectivity index (χ2v) is 6.73. The smallest absolute Gasteiger partial charge is 0.123 e. The Bertz CT molecular complexity index is 692. The average molecular weight is 411 g/mol. The summed E-state index contributed by atoms with van der Waals surface area (Å²) in [5.74, 6) is 1.15. The number of hydrogen-bond donors (Lipinski definition) is 1. The van der Waals surface area contributed by atoms with E-state index < -0.39 is 6.10 Å². The summed E-state index contributed by atoms with van der Waals surface area (Å²) in [6.45, 7) is 4.93. The van der Waals surface area contributed by atoms with Gasteiger partial charge in [-0.1, -0.05) is 0 Å². The highest BCUT2D eigenvalue weighted by Crippen LogP contribution is 2.20. The van der Waals surface area contributed by atoms with Crippen LogP contribution in [-0.2, 0) is 0 Å². The van der Waals surface area contributed by atoms with Crippen LogP contribution in [0.1, 0.15) is 6.42 Å². The van der Waals surface area contributed by atoms with Gasteiger partial charge in [0.2, 0.25) is 0 Å². The number of methoxy groups -OCH3 is 1. The van der Waals surface area contributed by atoms with E-state index in [1.54, 1.807) is 19.2 Å². The number of nitrogens with zero attached hydrogens (tertiary/aromatic N) is 2. The van der Waals surface area contributed by atoms with Crippen LogP contribution in [0, 0.1) is 5.82 Å². The maximum absolute atomic E-state index is 12.9. The van der Waals surface area contributed by atoms with E-state index in [1.807, 2.05) is 12.1 Å². The zero-order chi connectivity index (χ0) is 19.1. The zero-order valence-corrected chi connectivity index (χ0v) is 16.9. The zero-order valence-electron chi connectivity index (χ0n) is 16.1. The number of halogens is 2. The van der Waals surface area contributed by atoms with Gasteiger partial charge < -0.3 is 19.5 Å². The molecule has 3 rings (SSSR count). The van der Waals surface area contributed by atoms with Gasteiger partial charge in [0.05, 0.1) is 13.2 Å². The number of aliphatic hydroxyl groups is 1. The Labute approximate surface area is 172 Å². The second-order valence-electron chi connectivity index (χ2n) is 6.73. The third-order valence-corrected chi connectivity index (χ3v) is 4.84. The van der Waals surface area contributed by atoms with Crippen molar-refractivity contribution in [3.8, 4) is 11.5 Å². The van der Waals surface area contributed by atoms with Crippen LogP contribution in [0.15, 0.2) is 48.5 Å². The van der Waals surface area contributed by atoms with Crippen molar-refractivity contribution >= 4 is 18.1 Å². The first-order chi connectivity index (χ1) is 13.1. The van der Waals surface area contributed by atoms with Crippen molar-refractivity contribution in [1.29, 1.82) is 0 Å². The predicted molar refractivity (Wildman–Crippen MR) is 111 cm³/mol. The first-order valence-corrected chi connectivity index (χ1v) is 9.32. The van der Waals surface area contributed by atoms with E-state index in [2.05, 4.69) is 21.9 Å². The molecular formula is C21H28ClFN2O3. The molecule has 7 heteroatoms. The lowest BCUT2D eigenvalue weighted by Gasteiger charge is -2.36. The molecule has 1 unspecified atom stereocenters. The lowest BCUT2D eigenvalue weighted by molar-refractivity contribution is 0.0866. The fourth-order valence-corrected chi connectivity index (χ4v) is 3.16. The van der Waals surface area contributed by atoms with Crippen LogP contribution < -0.4 is 14.4 Å². The molecule has 0 aliphatic carbocycles. The van der Waals surface area contributed by atoms with Crippen LogP contribution in [0.5, 0.6) is 11.5 Å². The third kappa shape index (κ3) is 6.55. The molecule has 0 aromatic heterocycles. The second kappa shape index (κ2) is 11.1. The largest absolute Gasteiger partial charge is 0.497 e. The van der Waals surface area contributed by atoms with Crippen LogP contribution in [0.4, 0.5) is 10.1 Å². The van der Waals surface area contributed by atoms with Crippen LogP contribution in [0.3, 0.4) is 0 Å². The molecule has 2 aromatic rings. The minimum Gasteiger partial charge on any atom is -0.497 e. The van der Waals surface area contributed by atoms with Gasteiger partial charge in [-0.3, -0.25) is 4.90 Å². The molecule has 0 radical (unpaired) electrons. The Morgan fingerprint density at radius 1 is 0.964 bits per heavy atom. The highest BCUT2D eigenvalue weighted by Gasteiger charge is 2.18. The van der Waals surface area contributed by atoms with Gasteiger partial charge in [0, 0.05) is 38.4 Å². The minimum absolute atomic E-state index is 0. The van der Waals surface area contributed by atoms with Gasteiger partial charge in [-0.05, 0) is 55.0 Å². The number of hydrogen-bond acceptors (Lipinski definition) is 5. The van der Waals surface area contributed by atoms with Crippen LogP contribution in [0.25, 0.3) is 0 Å². The van der Waals surface area contributed by atoms with Crippen LogP contribution >= 0.6 is 12.4 Å². The molecule has 5 nitrogen and oxygen atoms in total. The van der Waals surface area contributed by atoms with E-state index in [0.717, 1.165) is 38.5 Å². The number of rotatable bonds is 8. The van der Waals surface area contributed by atoms with Crippen molar-refractivity contribution in [1.82, 2.24) is 4.90 Å². The summed E-state index contributed by atoms with van der Waals surface area (Å²) in [5.41, 5.74) is 1.21. The Kier molecular flexibility index (Phi) is 8.83. The minimum atomic E-state index is -0.533. The number of piperazine rings is 1. The molecule has 1 aliphatic heterocycles. The molecule has 0 bridgehead atoms. The Morgan fingerprint density at radius 2 is 1.57 bits per heavy atom. The van der Waals surface area contributed by atoms with E-state index >= 15 is 0 Å². The normalized spacial score (nSPS) is 15.6. The fraction of sp³-hybridized carbons (Fsp3) is 0.429. The van der Waals surface area contributed by atoms with E-state index in [-0.39, 0.29) is 24.8 Å². The lowest BCUT2D eigenvalue weighted by atomic mass is 10.2. The van der Waals surface area contributed by atoms with Crippen molar-refractivity contribution < 1.29 is 19.0 Å². The van der Waals surface area contributed by atoms with Crippen molar-refractivity contribution in [2.24, 2.45) is 0 Å². The monoisotopic (exact) mass is 410 g/mol. The molecule has 1 atom stereocenters. The van der Waals surface area contributed by atoms with Gasteiger partial charge in [-0.25, -0.2) is 4.39 Å². The fourth-order valence-electron chi connectivity index (χ4n) is 3.16. The van der Waals surface area contributed by atoms with Gasteiger partial charge in [0.25, 0.3) is 0 Å². The maximum Gasteiger partial charge on any atom is 0.123 e. The van der Waals surface area contributed by atoms with E-state index in [1.165, 1.54) is 17.8 Å². The molecule has 1 fully saturated rings. The Hall–Kier alpha value is -2.02. The van der Waals surface area contributed by atoms with Gasteiger partial charge >= 0.3 is 0 Å². The van der Waals surface area contributed by atoms with Crippen LogP contribution in [0.2, 0.25) is 0 Å². The Balaban J connectivity index is 0.00000280. The molecule has 154 valence electrons. The predicted octanol–water partition coefficient (Wildman–Crippen LogP) is 3.21. The summed E-state index contributed by atoms with van der Waals surface area (Å²) in [4.78, 5) is 4.73. The van der Waals surface area contributed by atoms with E-state index in [9.17, 15) is 9.50 Å². The van der Waals surface area contributed by atoms with E-state index in [0.29, 0.717) is 12.2 Å². The molecule has 0 saturated carbocycles. The summed E-state index contributed by atoms with van der Waals surface area (Å²) in [5, 5.41) is 10.1. The molecule has 28 heavy (non-hydrogen) atoms. The number of anilines is 1. The summed E-state index contributed by atoms with van der Waals surface area (Å²) >= 11 is 0. The van der Waals surface area contributed by atoms with Crippen molar-refractivity contribution in [3.63, 3.8) is 0 Å². The molecule has 1 N–H and O–H groups in total. The number of aliphatic hydroxyl groups excluding tert-OH is 1. The Morgan fingerprint density at radius 3 is 2.18 bits per heavy atom. The number of ether oxygens (including phenoxy) is 2. The first-order valence-electron chi connectivity index (χ1n) is 9.32. The highest BCUT2D eigenvalue weighted by atomic mass is 35.5. The summed E-state index contributed by atoms with van der Waals surface area (Å²) < 4.78 is 23.6. The van der Waals surface area contributed by atoms with Crippen molar-refractivity contribution in [2.45, 2.75) is 12.5 Å². The van der Waals surface area contributed by atoms with Gasteiger partial charge in [-0.15, -0.1) is 12.4 Å². The third-order valence-electron chi connectivity index (χ3n) is 4.84. The molecular weight excluding hydrogens is 383 g/mol. The topological polar surface area (TPSA) is 45.2 Å². The van der Waals surface area contributed by atoms with E-state index in [4.69, 9.17) is 9.47 Å². The average Bonchev–Trinajstić information content (AvgIpc) is 2.72. The molecule has 0 spiro atoms. The van der Waals surface area contributed by atoms with Gasteiger partial charge in [-0.2, -0.15) is 0 Å². The maximum atomic E-state index is 12.9. The highest BCUT2D eigenvalue weighted by molar-refractivity contribution is 5.85. The molecule has 0 amide bonds. The molecule has 1 aliphatic rings. The molecule has 1 saturated heterocycles.